The van der Waals surface area contributed by atoms with Gasteiger partial charge in [-0.05, 0) is 53.7 Å². The number of benzene rings is 1. The second-order valence-electron chi connectivity index (χ2n) is 13.5. The molecule has 1 aromatic carbocycles. The lowest BCUT2D eigenvalue weighted by Gasteiger charge is -2.20. The van der Waals surface area contributed by atoms with Gasteiger partial charge in [-0.15, -0.1) is 5.10 Å². The third-order valence-electron chi connectivity index (χ3n) is 7.39. The van der Waals surface area contributed by atoms with Crippen LogP contribution in [0.4, 0.5) is 5.82 Å². The van der Waals surface area contributed by atoms with Crippen molar-refractivity contribution < 1.29 is 52.1 Å². The fraction of sp³-hybridized carbons (Fsp3) is 0.438. The number of nitrogens with zero attached hydrogens (tertiary/aromatic N) is 7. The maximum atomic E-state index is 13.9. The van der Waals surface area contributed by atoms with Crippen molar-refractivity contribution in [3.8, 4) is 0 Å². The molecule has 278 valence electrons. The number of hydrogen-bond acceptors (Lipinski definition) is 16. The van der Waals surface area contributed by atoms with E-state index in [0.29, 0.717) is 5.56 Å². The summed E-state index contributed by atoms with van der Waals surface area (Å²) in [5.74, 6) is -1.76. The number of imidazole rings is 1. The number of anilines is 1. The van der Waals surface area contributed by atoms with Crippen molar-refractivity contribution >= 4 is 47.9 Å². The standard InChI is InChI=1S/C32H39N8O11P/c1-31(2,3)29(43)47-17-49-52(45,50-18-48-30(44)32(4,5)6)21-14-39(38-37-21)13-20-23(41)24(46-7)28(51-20)40-16-35-22-25(33-15-34-26(22)40)36-27(42)19-11-9-8-10-12-19/h8-12,14-16,24,28,41H,13,17-18H2,1-7H3,(H,33,34,36,42)/t24?,28-/m1/s1. The number of aliphatic hydroxyl groups excluding tert-OH is 1. The molecule has 0 radical (unpaired) electrons. The molecular formula is C32H39N8O11P. The van der Waals surface area contributed by atoms with Crippen molar-refractivity contribution in [1.82, 2.24) is 34.5 Å². The number of amides is 1. The molecule has 1 aliphatic rings. The van der Waals surface area contributed by atoms with Crippen molar-refractivity contribution in [3.63, 3.8) is 0 Å². The predicted octanol–water partition coefficient (Wildman–Crippen LogP) is 3.63. The first-order chi connectivity index (χ1) is 24.5. The Kier molecular flexibility index (Phi) is 11.1. The summed E-state index contributed by atoms with van der Waals surface area (Å²) in [6, 6.07) is 8.58. The highest BCUT2D eigenvalue weighted by atomic mass is 31.2. The number of aromatic nitrogens is 7. The van der Waals surface area contributed by atoms with Gasteiger partial charge in [0.05, 0.1) is 17.0 Å². The zero-order valence-corrected chi connectivity index (χ0v) is 30.4. The van der Waals surface area contributed by atoms with E-state index < -0.39 is 62.2 Å². The lowest BCUT2D eigenvalue weighted by atomic mass is 9.98. The Morgan fingerprint density at radius 1 is 0.962 bits per heavy atom. The summed E-state index contributed by atoms with van der Waals surface area (Å²) < 4.78 is 49.2. The van der Waals surface area contributed by atoms with Gasteiger partial charge in [-0.25, -0.2) is 19.6 Å². The summed E-state index contributed by atoms with van der Waals surface area (Å²) in [4.78, 5) is 50.2. The smallest absolute Gasteiger partial charge is 0.388 e. The monoisotopic (exact) mass is 742 g/mol. The first-order valence-electron chi connectivity index (χ1n) is 15.8. The first kappa shape index (κ1) is 38.0. The Labute approximate surface area is 297 Å². The number of fused-ring (bicyclic) bond motifs is 1. The molecule has 0 aliphatic carbocycles. The molecule has 0 fully saturated rings. The zero-order valence-electron chi connectivity index (χ0n) is 29.5. The second kappa shape index (κ2) is 15.2. The number of allylic oxidation sites excluding steroid dienone is 1. The lowest BCUT2D eigenvalue weighted by Crippen LogP contribution is -2.26. The van der Waals surface area contributed by atoms with Crippen molar-refractivity contribution in [2.75, 3.05) is 26.0 Å². The van der Waals surface area contributed by atoms with E-state index >= 15 is 0 Å². The topological polar surface area (TPSA) is 230 Å². The van der Waals surface area contributed by atoms with Crippen molar-refractivity contribution in [3.05, 3.63) is 66.3 Å². The maximum Gasteiger partial charge on any atom is 0.388 e. The molecule has 4 aromatic rings. The third-order valence-corrected chi connectivity index (χ3v) is 9.05. The average Bonchev–Trinajstić information content (AvgIpc) is 3.82. The molecule has 20 heteroatoms. The number of carbonyl (C=O) groups excluding carboxylic acids is 3. The SMILES string of the molecule is COC1C(O)=C(Cn2cc(P(=O)(OCOC(=O)C(C)(C)C)OCOC(=O)C(C)(C)C)nn2)O[C@H]1n1cnc2c(NC(=O)c3ccccc3)ncnc21. The quantitative estimate of drug-likeness (QED) is 0.113. The van der Waals surface area contributed by atoms with Crippen LogP contribution in [0.2, 0.25) is 0 Å². The minimum Gasteiger partial charge on any atom is -0.506 e. The Morgan fingerprint density at radius 2 is 1.60 bits per heavy atom. The highest BCUT2D eigenvalue weighted by molar-refractivity contribution is 7.61. The molecule has 4 heterocycles. The Balaban J connectivity index is 1.33. The van der Waals surface area contributed by atoms with Gasteiger partial charge in [-0.2, -0.15) is 0 Å². The summed E-state index contributed by atoms with van der Waals surface area (Å²) in [7, 11) is -3.04. The van der Waals surface area contributed by atoms with Gasteiger partial charge in [0.2, 0.25) is 19.8 Å². The Bertz CT molecular complexity index is 1980. The number of ether oxygens (including phenoxy) is 4. The Morgan fingerprint density at radius 3 is 2.19 bits per heavy atom. The van der Waals surface area contributed by atoms with Crippen LogP contribution in [0.15, 0.2) is 60.7 Å². The van der Waals surface area contributed by atoms with Crippen LogP contribution in [0.3, 0.4) is 0 Å². The van der Waals surface area contributed by atoms with Crippen LogP contribution in [0, 0.1) is 10.8 Å². The molecule has 0 saturated carbocycles. The van der Waals surface area contributed by atoms with E-state index in [0.717, 1.165) is 0 Å². The van der Waals surface area contributed by atoms with Gasteiger partial charge in [0.15, 0.2) is 40.0 Å². The van der Waals surface area contributed by atoms with E-state index in [1.54, 1.807) is 71.9 Å². The van der Waals surface area contributed by atoms with Crippen LogP contribution in [-0.4, -0.2) is 84.3 Å². The lowest BCUT2D eigenvalue weighted by molar-refractivity contribution is -0.161. The first-order valence-corrected chi connectivity index (χ1v) is 17.4. The maximum absolute atomic E-state index is 13.9. The van der Waals surface area contributed by atoms with Crippen molar-refractivity contribution in [1.29, 1.82) is 0 Å². The molecular weight excluding hydrogens is 703 g/mol. The highest BCUT2D eigenvalue weighted by Crippen LogP contribution is 2.46. The van der Waals surface area contributed by atoms with E-state index in [2.05, 4.69) is 30.6 Å². The molecule has 5 rings (SSSR count). The summed E-state index contributed by atoms with van der Waals surface area (Å²) in [5.41, 5.74) is -1.10. The molecule has 1 amide bonds. The normalized spacial score (nSPS) is 16.5. The Hall–Kier alpha value is -5.23. The van der Waals surface area contributed by atoms with E-state index in [4.69, 9.17) is 28.0 Å². The van der Waals surface area contributed by atoms with Crippen molar-refractivity contribution in [2.24, 2.45) is 10.8 Å². The number of esters is 2. The van der Waals surface area contributed by atoms with E-state index in [1.165, 1.54) is 35.2 Å². The van der Waals surface area contributed by atoms with Crippen LogP contribution in [-0.2, 0) is 48.7 Å². The fourth-order valence-electron chi connectivity index (χ4n) is 4.55. The van der Waals surface area contributed by atoms with Crippen LogP contribution < -0.4 is 10.8 Å². The third kappa shape index (κ3) is 8.45. The highest BCUT2D eigenvalue weighted by Gasteiger charge is 2.41. The summed E-state index contributed by atoms with van der Waals surface area (Å²) >= 11 is 0. The molecule has 2 N–H and O–H groups in total. The second-order valence-corrected chi connectivity index (χ2v) is 15.4. The number of rotatable bonds is 13. The van der Waals surface area contributed by atoms with Gasteiger partial charge in [-0.3, -0.25) is 32.6 Å². The number of aliphatic hydroxyl groups is 1. The summed E-state index contributed by atoms with van der Waals surface area (Å²) in [6.45, 7) is 8.01. The van der Waals surface area contributed by atoms with E-state index in [9.17, 15) is 24.1 Å². The van der Waals surface area contributed by atoms with Gasteiger partial charge in [-0.1, -0.05) is 23.4 Å². The minimum absolute atomic E-state index is 0.0108. The van der Waals surface area contributed by atoms with Crippen LogP contribution in [0.25, 0.3) is 11.2 Å². The van der Waals surface area contributed by atoms with Gasteiger partial charge >= 0.3 is 19.5 Å². The molecule has 0 spiro atoms. The molecule has 0 bridgehead atoms. The van der Waals surface area contributed by atoms with Crippen LogP contribution in [0.5, 0.6) is 0 Å². The molecule has 0 saturated heterocycles. The summed E-state index contributed by atoms with van der Waals surface area (Å²) in [6.07, 6.45) is 1.83. The molecule has 52 heavy (non-hydrogen) atoms. The largest absolute Gasteiger partial charge is 0.506 e. The number of carbonyl (C=O) groups is 3. The van der Waals surface area contributed by atoms with E-state index in [-0.39, 0.29) is 40.5 Å². The molecule has 1 unspecified atom stereocenters. The minimum atomic E-state index is -4.41. The predicted molar refractivity (Wildman–Crippen MR) is 181 cm³/mol. The van der Waals surface area contributed by atoms with Gasteiger partial charge in [0.25, 0.3) is 5.91 Å². The van der Waals surface area contributed by atoms with Crippen LogP contribution >= 0.6 is 7.60 Å². The molecule has 2 atom stereocenters. The summed E-state index contributed by atoms with van der Waals surface area (Å²) in [5, 5.41) is 21.7. The molecule has 3 aromatic heterocycles. The van der Waals surface area contributed by atoms with Gasteiger partial charge < -0.3 is 29.4 Å². The van der Waals surface area contributed by atoms with E-state index in [1.807, 2.05) is 0 Å². The number of hydrogen-bond donors (Lipinski definition) is 2. The molecule has 1 aliphatic heterocycles. The molecule has 19 nitrogen and oxygen atoms in total. The fourth-order valence-corrected chi connectivity index (χ4v) is 5.69. The number of methoxy groups -OCH3 is 1. The van der Waals surface area contributed by atoms with Crippen LogP contribution in [0.1, 0.15) is 58.1 Å². The van der Waals surface area contributed by atoms with Gasteiger partial charge in [0.1, 0.15) is 19.2 Å². The average molecular weight is 743 g/mol. The van der Waals surface area contributed by atoms with Crippen molar-refractivity contribution in [2.45, 2.75) is 60.4 Å². The van der Waals surface area contributed by atoms with Gasteiger partial charge in [0, 0.05) is 12.7 Å². The number of nitrogens with one attached hydrogen (secondary N) is 1. The zero-order chi connectivity index (χ0) is 37.8.